The molecule has 5 nitrogen and oxygen atoms in total. The van der Waals surface area contributed by atoms with Gasteiger partial charge in [0.15, 0.2) is 0 Å². The van der Waals surface area contributed by atoms with E-state index in [0.717, 1.165) is 0 Å². The molecule has 1 heterocycles. The molecule has 2 rings (SSSR count). The number of hydrogen-bond acceptors (Lipinski definition) is 4. The lowest BCUT2D eigenvalue weighted by molar-refractivity contribution is 0.0955. The number of methoxy groups -OCH3 is 1. The highest BCUT2D eigenvalue weighted by Gasteiger charge is 2.03. The molecule has 2 aromatic rings. The van der Waals surface area contributed by atoms with Crippen LogP contribution in [0.2, 0.25) is 0 Å². The predicted molar refractivity (Wildman–Crippen MR) is 72.3 cm³/mol. The molecule has 0 saturated carbocycles. The van der Waals surface area contributed by atoms with E-state index in [0.29, 0.717) is 17.0 Å². The summed E-state index contributed by atoms with van der Waals surface area (Å²) in [5, 5.41) is 3.84. The van der Waals surface area contributed by atoms with Gasteiger partial charge in [-0.2, -0.15) is 5.10 Å². The van der Waals surface area contributed by atoms with Crippen LogP contribution in [0.25, 0.3) is 0 Å². The van der Waals surface area contributed by atoms with Crippen LogP contribution >= 0.6 is 0 Å². The second kappa shape index (κ2) is 6.30. The van der Waals surface area contributed by atoms with Crippen LogP contribution in [0, 0.1) is 0 Å². The van der Waals surface area contributed by atoms with E-state index in [2.05, 4.69) is 15.5 Å². The first-order valence-electron chi connectivity index (χ1n) is 5.68. The lowest BCUT2D eigenvalue weighted by Gasteiger charge is -2.01. The Morgan fingerprint density at radius 1 is 1.26 bits per heavy atom. The van der Waals surface area contributed by atoms with Crippen molar-refractivity contribution in [3.05, 3.63) is 59.9 Å². The molecule has 1 aromatic heterocycles. The number of nitrogens with one attached hydrogen (secondary N) is 1. The Bertz CT molecular complexity index is 565. The molecule has 0 fully saturated rings. The highest BCUT2D eigenvalue weighted by atomic mass is 16.5. The number of nitrogens with zero attached hydrogens (tertiary/aromatic N) is 2. The van der Waals surface area contributed by atoms with E-state index in [1.807, 2.05) is 12.1 Å². The molecule has 0 bridgehead atoms. The number of pyridine rings is 1. The van der Waals surface area contributed by atoms with E-state index in [1.165, 1.54) is 6.21 Å². The predicted octanol–water partition coefficient (Wildman–Crippen LogP) is 1.85. The summed E-state index contributed by atoms with van der Waals surface area (Å²) in [6, 6.07) is 12.2. The van der Waals surface area contributed by atoms with Crippen LogP contribution in [0.15, 0.2) is 53.8 Å². The van der Waals surface area contributed by atoms with Crippen LogP contribution in [-0.2, 0) is 0 Å². The number of amides is 1. The second-order valence-electron chi connectivity index (χ2n) is 3.68. The van der Waals surface area contributed by atoms with Gasteiger partial charge in [-0.15, -0.1) is 0 Å². The van der Waals surface area contributed by atoms with Gasteiger partial charge >= 0.3 is 0 Å². The molecule has 5 heteroatoms. The molecule has 0 radical (unpaired) electrons. The maximum absolute atomic E-state index is 11.7. The maximum atomic E-state index is 11.7. The molecular weight excluding hydrogens is 242 g/mol. The smallest absolute Gasteiger partial charge is 0.271 e. The Labute approximate surface area is 110 Å². The fourth-order valence-electron chi connectivity index (χ4n) is 1.42. The van der Waals surface area contributed by atoms with Gasteiger partial charge in [-0.1, -0.05) is 6.07 Å². The molecule has 0 spiro atoms. The van der Waals surface area contributed by atoms with Crippen molar-refractivity contribution in [2.75, 3.05) is 7.11 Å². The minimum atomic E-state index is -0.283. The Balaban J connectivity index is 1.95. The summed E-state index contributed by atoms with van der Waals surface area (Å²) in [4.78, 5) is 15.8. The zero-order valence-electron chi connectivity index (χ0n) is 10.4. The number of carbonyl (C=O) groups is 1. The van der Waals surface area contributed by atoms with Gasteiger partial charge in [0.1, 0.15) is 5.75 Å². The van der Waals surface area contributed by atoms with E-state index in [-0.39, 0.29) is 5.91 Å². The summed E-state index contributed by atoms with van der Waals surface area (Å²) in [5.74, 6) is 0.420. The zero-order chi connectivity index (χ0) is 13.5. The van der Waals surface area contributed by atoms with Crippen LogP contribution in [0.4, 0.5) is 0 Å². The number of hydrogen-bond donors (Lipinski definition) is 1. The zero-order valence-corrected chi connectivity index (χ0v) is 10.4. The molecule has 0 atom stereocenters. The van der Waals surface area contributed by atoms with E-state index < -0.39 is 0 Å². The summed E-state index contributed by atoms with van der Waals surface area (Å²) < 4.78 is 5.02. The molecule has 0 aliphatic rings. The standard InChI is InChI=1S/C14H13N3O2/c1-19-13-7-5-11(6-8-13)14(18)17-16-10-12-4-2-3-9-15-12/h2-10H,1H3,(H,17,18)/b16-10-. The van der Waals surface area contributed by atoms with Gasteiger partial charge in [-0.3, -0.25) is 9.78 Å². The first-order chi connectivity index (χ1) is 9.29. The fraction of sp³-hybridized carbons (Fsp3) is 0.0714. The van der Waals surface area contributed by atoms with Crippen molar-refractivity contribution in [3.63, 3.8) is 0 Å². The van der Waals surface area contributed by atoms with Crippen LogP contribution in [-0.4, -0.2) is 24.2 Å². The monoisotopic (exact) mass is 255 g/mol. The number of aromatic nitrogens is 1. The van der Waals surface area contributed by atoms with Gasteiger partial charge in [0, 0.05) is 11.8 Å². The molecule has 0 aliphatic heterocycles. The van der Waals surface area contributed by atoms with Crippen molar-refractivity contribution >= 4 is 12.1 Å². The summed E-state index contributed by atoms with van der Waals surface area (Å²) in [6.45, 7) is 0. The molecule has 19 heavy (non-hydrogen) atoms. The minimum absolute atomic E-state index is 0.283. The van der Waals surface area contributed by atoms with Crippen molar-refractivity contribution in [2.45, 2.75) is 0 Å². The molecule has 1 amide bonds. The third kappa shape index (κ3) is 3.64. The number of ether oxygens (including phenoxy) is 1. The third-order valence-electron chi connectivity index (χ3n) is 2.40. The largest absolute Gasteiger partial charge is 0.497 e. The van der Waals surface area contributed by atoms with Gasteiger partial charge < -0.3 is 4.74 Å². The quantitative estimate of drug-likeness (QED) is 0.670. The number of carbonyl (C=O) groups excluding carboxylic acids is 1. The average Bonchev–Trinajstić information content (AvgIpc) is 2.48. The first kappa shape index (κ1) is 12.8. The van der Waals surface area contributed by atoms with Crippen molar-refractivity contribution < 1.29 is 9.53 Å². The van der Waals surface area contributed by atoms with Crippen molar-refractivity contribution in [1.82, 2.24) is 10.4 Å². The first-order valence-corrected chi connectivity index (χ1v) is 5.68. The summed E-state index contributed by atoms with van der Waals surface area (Å²) >= 11 is 0. The van der Waals surface area contributed by atoms with E-state index in [1.54, 1.807) is 43.6 Å². The molecule has 0 saturated heterocycles. The molecule has 96 valence electrons. The summed E-state index contributed by atoms with van der Waals surface area (Å²) in [5.41, 5.74) is 3.63. The Hall–Kier alpha value is -2.69. The Kier molecular flexibility index (Phi) is 4.23. The SMILES string of the molecule is COc1ccc(C(=O)N/N=C\c2ccccn2)cc1. The number of hydrazone groups is 1. The molecule has 0 aliphatic carbocycles. The number of benzene rings is 1. The molecular formula is C14H13N3O2. The minimum Gasteiger partial charge on any atom is -0.497 e. The van der Waals surface area contributed by atoms with Crippen molar-refractivity contribution in [3.8, 4) is 5.75 Å². The highest BCUT2D eigenvalue weighted by Crippen LogP contribution is 2.10. The van der Waals surface area contributed by atoms with Crippen LogP contribution in [0.3, 0.4) is 0 Å². The van der Waals surface area contributed by atoms with Gasteiger partial charge in [0.25, 0.3) is 5.91 Å². The van der Waals surface area contributed by atoms with E-state index in [9.17, 15) is 4.79 Å². The highest BCUT2D eigenvalue weighted by molar-refractivity contribution is 5.94. The third-order valence-corrected chi connectivity index (χ3v) is 2.40. The molecule has 1 aromatic carbocycles. The maximum Gasteiger partial charge on any atom is 0.271 e. The molecule has 0 unspecified atom stereocenters. The van der Waals surface area contributed by atoms with Crippen LogP contribution < -0.4 is 10.2 Å². The van der Waals surface area contributed by atoms with Crippen molar-refractivity contribution in [2.24, 2.45) is 5.10 Å². The van der Waals surface area contributed by atoms with Gasteiger partial charge in [-0.25, -0.2) is 5.43 Å². The molecule has 1 N–H and O–H groups in total. The lowest BCUT2D eigenvalue weighted by Crippen LogP contribution is -2.17. The summed E-state index contributed by atoms with van der Waals surface area (Å²) in [6.07, 6.45) is 3.15. The topological polar surface area (TPSA) is 63.6 Å². The average molecular weight is 255 g/mol. The Morgan fingerprint density at radius 3 is 2.68 bits per heavy atom. The Morgan fingerprint density at radius 2 is 2.05 bits per heavy atom. The van der Waals surface area contributed by atoms with Gasteiger partial charge in [-0.05, 0) is 36.4 Å². The second-order valence-corrected chi connectivity index (χ2v) is 3.68. The summed E-state index contributed by atoms with van der Waals surface area (Å²) in [7, 11) is 1.58. The van der Waals surface area contributed by atoms with Gasteiger partial charge in [0.2, 0.25) is 0 Å². The van der Waals surface area contributed by atoms with Crippen molar-refractivity contribution in [1.29, 1.82) is 0 Å². The van der Waals surface area contributed by atoms with Crippen LogP contribution in [0.1, 0.15) is 16.1 Å². The van der Waals surface area contributed by atoms with E-state index >= 15 is 0 Å². The normalized spacial score (nSPS) is 10.4. The van der Waals surface area contributed by atoms with E-state index in [4.69, 9.17) is 4.74 Å². The van der Waals surface area contributed by atoms with Crippen LogP contribution in [0.5, 0.6) is 5.75 Å². The fourth-order valence-corrected chi connectivity index (χ4v) is 1.42. The lowest BCUT2D eigenvalue weighted by atomic mass is 10.2. The van der Waals surface area contributed by atoms with Gasteiger partial charge in [0.05, 0.1) is 19.0 Å². The number of rotatable bonds is 4.